The van der Waals surface area contributed by atoms with Gasteiger partial charge in [-0.25, -0.2) is 0 Å². The molecule has 25 heavy (non-hydrogen) atoms. The van der Waals surface area contributed by atoms with E-state index in [2.05, 4.69) is 4.74 Å². The van der Waals surface area contributed by atoms with E-state index in [1.54, 1.807) is 13.8 Å². The van der Waals surface area contributed by atoms with Crippen LogP contribution in [0.3, 0.4) is 0 Å². The second kappa shape index (κ2) is 8.31. The molecule has 1 aliphatic rings. The van der Waals surface area contributed by atoms with Crippen molar-refractivity contribution in [3.63, 3.8) is 0 Å². The number of carbonyl (C=O) groups excluding carboxylic acids is 2. The van der Waals surface area contributed by atoms with Crippen molar-refractivity contribution in [3.05, 3.63) is 0 Å². The predicted octanol–water partition coefficient (Wildman–Crippen LogP) is 4.41. The maximum Gasteiger partial charge on any atom is 0.456 e. The highest BCUT2D eigenvalue weighted by atomic mass is 19.4. The summed E-state index contributed by atoms with van der Waals surface area (Å²) in [5.74, 6) is -7.26. The first kappa shape index (κ1) is 21.6. The molecule has 1 atom stereocenters. The molecule has 0 N–H and O–H groups in total. The normalized spacial score (nSPS) is 19.2. The average molecular weight is 374 g/mol. The van der Waals surface area contributed by atoms with E-state index in [0.717, 1.165) is 6.42 Å². The largest absolute Gasteiger partial charge is 0.459 e. The number of alkyl halides is 5. The summed E-state index contributed by atoms with van der Waals surface area (Å²) in [6.07, 6.45) is -2.90. The van der Waals surface area contributed by atoms with E-state index in [1.165, 1.54) is 0 Å². The summed E-state index contributed by atoms with van der Waals surface area (Å²) in [5, 5.41) is 0. The monoisotopic (exact) mass is 374 g/mol. The first-order chi connectivity index (χ1) is 11.4. The van der Waals surface area contributed by atoms with E-state index in [-0.39, 0.29) is 0 Å². The van der Waals surface area contributed by atoms with Gasteiger partial charge >= 0.3 is 24.0 Å². The van der Waals surface area contributed by atoms with E-state index < -0.39 is 48.6 Å². The van der Waals surface area contributed by atoms with Gasteiger partial charge in [0, 0.05) is 0 Å². The minimum absolute atomic E-state index is 0.347. The van der Waals surface area contributed by atoms with E-state index in [9.17, 15) is 31.5 Å². The lowest BCUT2D eigenvalue weighted by molar-refractivity contribution is -0.294. The molecule has 1 unspecified atom stereocenters. The summed E-state index contributed by atoms with van der Waals surface area (Å²) in [5.41, 5.74) is -1.19. The molecule has 146 valence electrons. The molecule has 0 spiro atoms. The Labute approximate surface area is 143 Å². The zero-order valence-corrected chi connectivity index (χ0v) is 14.3. The Hall–Kier alpha value is -1.41. The number of hydrogen-bond donors (Lipinski definition) is 0. The molecule has 0 bridgehead atoms. The maximum atomic E-state index is 12.8. The van der Waals surface area contributed by atoms with Crippen LogP contribution in [0.1, 0.15) is 58.8 Å². The first-order valence-electron chi connectivity index (χ1n) is 8.25. The van der Waals surface area contributed by atoms with Gasteiger partial charge in [0.05, 0.1) is 12.3 Å². The number of carbonyl (C=O) groups is 2. The number of rotatable bonds is 7. The molecule has 1 rings (SSSR count). The first-order valence-corrected chi connectivity index (χ1v) is 8.25. The van der Waals surface area contributed by atoms with Gasteiger partial charge in [-0.3, -0.25) is 9.59 Å². The SMILES string of the molecule is CCC(C)C(=O)OC1(CC(=O)OCC(F)(F)C(F)(F)F)CCCCC1. The number of halogens is 5. The summed E-state index contributed by atoms with van der Waals surface area (Å²) in [7, 11) is 0. The number of hydrogen-bond acceptors (Lipinski definition) is 4. The lowest BCUT2D eigenvalue weighted by atomic mass is 9.82. The molecule has 4 nitrogen and oxygen atoms in total. The molecular weight excluding hydrogens is 351 g/mol. The van der Waals surface area contributed by atoms with Gasteiger partial charge < -0.3 is 9.47 Å². The second-order valence-corrected chi connectivity index (χ2v) is 6.51. The van der Waals surface area contributed by atoms with Crippen LogP contribution < -0.4 is 0 Å². The second-order valence-electron chi connectivity index (χ2n) is 6.51. The van der Waals surface area contributed by atoms with Crippen LogP contribution in [0, 0.1) is 5.92 Å². The Morgan fingerprint density at radius 2 is 1.64 bits per heavy atom. The fourth-order valence-electron chi connectivity index (χ4n) is 2.56. The fraction of sp³-hybridized carbons (Fsp3) is 0.875. The molecule has 1 aliphatic carbocycles. The third-order valence-corrected chi connectivity index (χ3v) is 4.39. The van der Waals surface area contributed by atoms with Crippen molar-refractivity contribution in [1.29, 1.82) is 0 Å². The van der Waals surface area contributed by atoms with Crippen molar-refractivity contribution in [1.82, 2.24) is 0 Å². The van der Waals surface area contributed by atoms with Crippen LogP contribution in [0.4, 0.5) is 22.0 Å². The van der Waals surface area contributed by atoms with Crippen molar-refractivity contribution in [2.24, 2.45) is 5.92 Å². The van der Waals surface area contributed by atoms with Crippen LogP contribution >= 0.6 is 0 Å². The molecule has 0 aromatic heterocycles. The molecular formula is C16H23F5O4. The Bertz CT molecular complexity index is 470. The highest BCUT2D eigenvalue weighted by Gasteiger charge is 2.58. The third-order valence-electron chi connectivity index (χ3n) is 4.39. The van der Waals surface area contributed by atoms with Gasteiger partial charge in [0.15, 0.2) is 6.61 Å². The summed E-state index contributed by atoms with van der Waals surface area (Å²) in [6.45, 7) is 1.36. The van der Waals surface area contributed by atoms with Crippen LogP contribution in [0.25, 0.3) is 0 Å². The van der Waals surface area contributed by atoms with Gasteiger partial charge in [0.1, 0.15) is 5.60 Å². The smallest absolute Gasteiger partial charge is 0.456 e. The topological polar surface area (TPSA) is 52.6 Å². The maximum absolute atomic E-state index is 12.8. The molecule has 0 amide bonds. The van der Waals surface area contributed by atoms with E-state index >= 15 is 0 Å². The predicted molar refractivity (Wildman–Crippen MR) is 77.9 cm³/mol. The fourth-order valence-corrected chi connectivity index (χ4v) is 2.56. The van der Waals surface area contributed by atoms with Crippen molar-refractivity contribution in [3.8, 4) is 0 Å². The summed E-state index contributed by atoms with van der Waals surface area (Å²) in [4.78, 5) is 23.8. The van der Waals surface area contributed by atoms with Crippen molar-refractivity contribution >= 4 is 11.9 Å². The van der Waals surface area contributed by atoms with Crippen LogP contribution in [-0.4, -0.2) is 36.2 Å². The molecule has 0 saturated heterocycles. The Morgan fingerprint density at radius 1 is 1.08 bits per heavy atom. The highest BCUT2D eigenvalue weighted by molar-refractivity contribution is 5.75. The van der Waals surface area contributed by atoms with Crippen LogP contribution in [0.5, 0.6) is 0 Å². The molecule has 1 saturated carbocycles. The molecule has 0 heterocycles. The lowest BCUT2D eigenvalue weighted by Crippen LogP contribution is -2.44. The van der Waals surface area contributed by atoms with Crippen molar-refractivity contribution in [2.75, 3.05) is 6.61 Å². The van der Waals surface area contributed by atoms with Gasteiger partial charge in [-0.2, -0.15) is 22.0 Å². The van der Waals surface area contributed by atoms with Gasteiger partial charge in [-0.1, -0.05) is 20.3 Å². The van der Waals surface area contributed by atoms with E-state index in [4.69, 9.17) is 4.74 Å². The molecule has 0 aliphatic heterocycles. The zero-order chi connectivity index (χ0) is 19.3. The summed E-state index contributed by atoms with van der Waals surface area (Å²) >= 11 is 0. The van der Waals surface area contributed by atoms with Gasteiger partial charge in [0.25, 0.3) is 0 Å². The Kier molecular flexibility index (Phi) is 7.19. The highest BCUT2D eigenvalue weighted by Crippen LogP contribution is 2.38. The minimum atomic E-state index is -5.79. The lowest BCUT2D eigenvalue weighted by Gasteiger charge is -2.36. The Morgan fingerprint density at radius 3 is 2.12 bits per heavy atom. The van der Waals surface area contributed by atoms with E-state index in [0.29, 0.717) is 32.1 Å². The molecule has 0 radical (unpaired) electrons. The van der Waals surface area contributed by atoms with Gasteiger partial charge in [-0.05, 0) is 32.1 Å². The van der Waals surface area contributed by atoms with Crippen LogP contribution in [-0.2, 0) is 19.1 Å². The summed E-state index contributed by atoms with van der Waals surface area (Å²) < 4.78 is 71.6. The van der Waals surface area contributed by atoms with Crippen LogP contribution in [0.2, 0.25) is 0 Å². The van der Waals surface area contributed by atoms with E-state index in [1.807, 2.05) is 0 Å². The standard InChI is InChI=1S/C16H23F5O4/c1-3-11(2)13(23)25-14(7-5-4-6-8-14)9-12(22)24-10-15(17,18)16(19,20)21/h11H,3-10H2,1-2H3. The van der Waals surface area contributed by atoms with Gasteiger partial charge in [0.2, 0.25) is 0 Å². The number of esters is 2. The quantitative estimate of drug-likeness (QED) is 0.489. The third kappa shape index (κ3) is 6.11. The zero-order valence-electron chi connectivity index (χ0n) is 14.3. The Balaban J connectivity index is 2.72. The van der Waals surface area contributed by atoms with Crippen LogP contribution in [0.15, 0.2) is 0 Å². The minimum Gasteiger partial charge on any atom is -0.459 e. The average Bonchev–Trinajstić information content (AvgIpc) is 2.51. The molecule has 9 heteroatoms. The molecule has 0 aromatic carbocycles. The summed E-state index contributed by atoms with van der Waals surface area (Å²) in [6, 6.07) is 0. The molecule has 1 fully saturated rings. The van der Waals surface area contributed by atoms with Crippen molar-refractivity contribution < 1.29 is 41.0 Å². The molecule has 0 aromatic rings. The van der Waals surface area contributed by atoms with Gasteiger partial charge in [-0.15, -0.1) is 0 Å². The number of ether oxygens (including phenoxy) is 2. The van der Waals surface area contributed by atoms with Crippen molar-refractivity contribution in [2.45, 2.75) is 76.5 Å².